The van der Waals surface area contributed by atoms with Crippen LogP contribution in [0.25, 0.3) is 0 Å². The van der Waals surface area contributed by atoms with Gasteiger partial charge in [0.15, 0.2) is 0 Å². The molecule has 5 atom stereocenters. The fourth-order valence-corrected chi connectivity index (χ4v) is 5.80. The fraction of sp³-hybridized carbons (Fsp3) is 0.941. The number of carbonyl (C=O) groups is 1. The lowest BCUT2D eigenvalue weighted by molar-refractivity contribution is -0.223. The number of rotatable bonds is 5. The van der Waals surface area contributed by atoms with Gasteiger partial charge in [0.2, 0.25) is 0 Å². The molecule has 2 N–H and O–H groups in total. The standard InChI is InChI=1S/C17H27IO4/c1-3-14(2,18)13(20)22-11-16-5-12-4-15(7-16,10-19)8-17(21,6-12)9-16/h12,19,21H,3-11H2,1-2H3. The van der Waals surface area contributed by atoms with Crippen molar-refractivity contribution in [1.29, 1.82) is 0 Å². The number of hydrogen-bond donors (Lipinski definition) is 2. The van der Waals surface area contributed by atoms with Crippen LogP contribution in [0, 0.1) is 16.7 Å². The lowest BCUT2D eigenvalue weighted by Crippen LogP contribution is -2.62. The molecule has 0 amide bonds. The van der Waals surface area contributed by atoms with E-state index < -0.39 is 9.02 Å². The second-order valence-electron chi connectivity index (χ2n) is 8.52. The van der Waals surface area contributed by atoms with Crippen molar-refractivity contribution < 1.29 is 19.7 Å². The molecule has 4 rings (SSSR count). The SMILES string of the molecule is CCC(C)(I)C(=O)OCC12CC3CC(O)(CC(CO)(C3)C1)C2. The third-order valence-corrected chi connectivity index (χ3v) is 7.41. The van der Waals surface area contributed by atoms with E-state index in [-0.39, 0.29) is 23.4 Å². The van der Waals surface area contributed by atoms with E-state index in [0.29, 0.717) is 18.9 Å². The van der Waals surface area contributed by atoms with Gasteiger partial charge in [-0.3, -0.25) is 4.79 Å². The molecule has 0 aromatic carbocycles. The number of halogens is 1. The van der Waals surface area contributed by atoms with E-state index in [1.165, 1.54) is 0 Å². The van der Waals surface area contributed by atoms with Crippen LogP contribution in [0.1, 0.15) is 58.8 Å². The maximum Gasteiger partial charge on any atom is 0.321 e. The molecule has 0 aromatic rings. The van der Waals surface area contributed by atoms with Crippen molar-refractivity contribution in [3.63, 3.8) is 0 Å². The summed E-state index contributed by atoms with van der Waals surface area (Å²) in [6.07, 6.45) is 5.94. The highest BCUT2D eigenvalue weighted by Crippen LogP contribution is 2.66. The molecule has 22 heavy (non-hydrogen) atoms. The highest BCUT2D eigenvalue weighted by atomic mass is 127. The van der Waals surface area contributed by atoms with E-state index in [4.69, 9.17) is 4.74 Å². The number of hydrogen-bond acceptors (Lipinski definition) is 4. The first kappa shape index (κ1) is 17.0. The van der Waals surface area contributed by atoms with Crippen LogP contribution in [0.3, 0.4) is 0 Å². The quantitative estimate of drug-likeness (QED) is 0.406. The maximum absolute atomic E-state index is 12.3. The molecule has 4 bridgehead atoms. The van der Waals surface area contributed by atoms with E-state index in [0.717, 1.165) is 38.5 Å². The van der Waals surface area contributed by atoms with Gasteiger partial charge in [-0.1, -0.05) is 29.5 Å². The lowest BCUT2D eigenvalue weighted by Gasteiger charge is -2.64. The van der Waals surface area contributed by atoms with Gasteiger partial charge in [-0.05, 0) is 63.2 Å². The van der Waals surface area contributed by atoms with Crippen molar-refractivity contribution in [2.75, 3.05) is 13.2 Å². The second-order valence-corrected chi connectivity index (χ2v) is 10.9. The normalized spacial score (nSPS) is 45.6. The zero-order valence-electron chi connectivity index (χ0n) is 13.5. The van der Waals surface area contributed by atoms with Crippen molar-refractivity contribution >= 4 is 28.6 Å². The van der Waals surface area contributed by atoms with Gasteiger partial charge in [-0.2, -0.15) is 0 Å². The summed E-state index contributed by atoms with van der Waals surface area (Å²) in [5.41, 5.74) is -0.946. The molecule has 0 saturated heterocycles. The molecule has 0 aromatic heterocycles. The van der Waals surface area contributed by atoms with Crippen molar-refractivity contribution in [2.45, 2.75) is 67.8 Å². The third-order valence-electron chi connectivity index (χ3n) is 6.20. The summed E-state index contributed by atoms with van der Waals surface area (Å²) in [5, 5.41) is 20.8. The number of aliphatic hydroxyl groups is 2. The Morgan fingerprint density at radius 1 is 1.27 bits per heavy atom. The molecule has 0 aliphatic heterocycles. The molecule has 5 unspecified atom stereocenters. The van der Waals surface area contributed by atoms with Crippen LogP contribution in [0.2, 0.25) is 0 Å². The molecular formula is C17H27IO4. The van der Waals surface area contributed by atoms with Crippen LogP contribution in [-0.4, -0.2) is 38.4 Å². The zero-order valence-corrected chi connectivity index (χ0v) is 15.7. The van der Waals surface area contributed by atoms with Crippen LogP contribution in [-0.2, 0) is 9.53 Å². The zero-order chi connectivity index (χ0) is 16.2. The number of aliphatic hydroxyl groups excluding tert-OH is 1. The molecule has 5 heteroatoms. The second kappa shape index (κ2) is 5.31. The van der Waals surface area contributed by atoms with Crippen LogP contribution in [0.4, 0.5) is 0 Å². The summed E-state index contributed by atoms with van der Waals surface area (Å²) >= 11 is 2.16. The highest BCUT2D eigenvalue weighted by molar-refractivity contribution is 14.1. The number of carbonyl (C=O) groups excluding carboxylic acids is 1. The van der Waals surface area contributed by atoms with Gasteiger partial charge in [0.1, 0.15) is 3.42 Å². The van der Waals surface area contributed by atoms with E-state index in [9.17, 15) is 15.0 Å². The molecule has 4 fully saturated rings. The summed E-state index contributed by atoms with van der Waals surface area (Å²) in [4.78, 5) is 12.3. The monoisotopic (exact) mass is 422 g/mol. The number of alkyl halides is 1. The summed E-state index contributed by atoms with van der Waals surface area (Å²) in [6.45, 7) is 4.42. The first-order chi connectivity index (χ1) is 10.2. The number of ether oxygens (including phenoxy) is 1. The molecule has 4 saturated carbocycles. The van der Waals surface area contributed by atoms with Gasteiger partial charge in [-0.15, -0.1) is 0 Å². The van der Waals surface area contributed by atoms with Gasteiger partial charge in [0, 0.05) is 12.0 Å². The molecule has 0 radical (unpaired) electrons. The largest absolute Gasteiger partial charge is 0.464 e. The highest BCUT2D eigenvalue weighted by Gasteiger charge is 2.63. The van der Waals surface area contributed by atoms with Crippen molar-refractivity contribution in [2.24, 2.45) is 16.7 Å². The van der Waals surface area contributed by atoms with Gasteiger partial charge in [-0.25, -0.2) is 0 Å². The Morgan fingerprint density at radius 2 is 1.91 bits per heavy atom. The van der Waals surface area contributed by atoms with Crippen LogP contribution >= 0.6 is 22.6 Å². The molecule has 4 nitrogen and oxygen atoms in total. The van der Waals surface area contributed by atoms with Crippen molar-refractivity contribution in [3.8, 4) is 0 Å². The minimum atomic E-state index is -0.660. The Morgan fingerprint density at radius 3 is 2.50 bits per heavy atom. The molecule has 4 aliphatic rings. The van der Waals surface area contributed by atoms with Gasteiger partial charge >= 0.3 is 5.97 Å². The topological polar surface area (TPSA) is 66.8 Å². The van der Waals surface area contributed by atoms with Gasteiger partial charge < -0.3 is 14.9 Å². The minimum Gasteiger partial charge on any atom is -0.464 e. The van der Waals surface area contributed by atoms with Gasteiger partial charge in [0.25, 0.3) is 0 Å². The predicted octanol–water partition coefficient (Wildman–Crippen LogP) is 2.83. The Hall–Kier alpha value is 0.120. The number of esters is 1. The Labute approximate surface area is 146 Å². The van der Waals surface area contributed by atoms with Crippen molar-refractivity contribution in [3.05, 3.63) is 0 Å². The third kappa shape index (κ3) is 2.81. The molecule has 4 aliphatic carbocycles. The van der Waals surface area contributed by atoms with Crippen LogP contribution in [0.5, 0.6) is 0 Å². The summed E-state index contributed by atoms with van der Waals surface area (Å²) in [6, 6.07) is 0. The maximum atomic E-state index is 12.3. The molecule has 126 valence electrons. The van der Waals surface area contributed by atoms with Gasteiger partial charge in [0.05, 0.1) is 12.2 Å². The first-order valence-electron chi connectivity index (χ1n) is 8.35. The summed E-state index contributed by atoms with van der Waals surface area (Å²) in [7, 11) is 0. The van der Waals surface area contributed by atoms with Crippen LogP contribution in [0.15, 0.2) is 0 Å². The Balaban J connectivity index is 1.75. The lowest BCUT2D eigenvalue weighted by atomic mass is 9.43. The molecular weight excluding hydrogens is 395 g/mol. The summed E-state index contributed by atoms with van der Waals surface area (Å²) in [5.74, 6) is 0.306. The molecule has 0 heterocycles. The van der Waals surface area contributed by atoms with E-state index in [1.54, 1.807) is 0 Å². The van der Waals surface area contributed by atoms with Crippen LogP contribution < -0.4 is 0 Å². The van der Waals surface area contributed by atoms with E-state index in [1.807, 2.05) is 13.8 Å². The Kier molecular flexibility index (Phi) is 4.09. The summed E-state index contributed by atoms with van der Waals surface area (Å²) < 4.78 is 5.20. The fourth-order valence-electron chi connectivity index (χ4n) is 5.64. The average Bonchev–Trinajstić information content (AvgIpc) is 2.42. The average molecular weight is 422 g/mol. The smallest absolute Gasteiger partial charge is 0.321 e. The predicted molar refractivity (Wildman–Crippen MR) is 91.8 cm³/mol. The molecule has 0 spiro atoms. The Bertz CT molecular complexity index is 479. The van der Waals surface area contributed by atoms with E-state index >= 15 is 0 Å². The van der Waals surface area contributed by atoms with E-state index in [2.05, 4.69) is 22.6 Å². The first-order valence-corrected chi connectivity index (χ1v) is 9.43. The minimum absolute atomic E-state index is 0.132. The van der Waals surface area contributed by atoms with Crippen molar-refractivity contribution in [1.82, 2.24) is 0 Å².